The monoisotopic (exact) mass is 296 g/mol. The van der Waals surface area contributed by atoms with Gasteiger partial charge >= 0.3 is 5.97 Å². The Kier molecular flexibility index (Phi) is 3.50. The first-order valence-corrected chi connectivity index (χ1v) is 6.91. The van der Waals surface area contributed by atoms with Crippen molar-refractivity contribution in [3.05, 3.63) is 53.5 Å². The van der Waals surface area contributed by atoms with Crippen LogP contribution >= 0.6 is 0 Å². The van der Waals surface area contributed by atoms with Gasteiger partial charge in [0.25, 0.3) is 0 Å². The molecule has 22 heavy (non-hydrogen) atoms. The smallest absolute Gasteiger partial charge is 0.339 e. The second-order valence-corrected chi connectivity index (χ2v) is 5.08. The summed E-state index contributed by atoms with van der Waals surface area (Å²) in [7, 11) is 1.86. The number of carboxylic acids is 1. The molecule has 0 aliphatic rings. The van der Waals surface area contributed by atoms with Gasteiger partial charge in [0.15, 0.2) is 5.65 Å². The molecule has 2 aromatic heterocycles. The Labute approximate surface area is 127 Å². The number of nitrogens with one attached hydrogen (secondary N) is 1. The summed E-state index contributed by atoms with van der Waals surface area (Å²) < 4.78 is 1.84. The summed E-state index contributed by atoms with van der Waals surface area (Å²) in [5.41, 5.74) is 2.94. The first-order chi connectivity index (χ1) is 10.6. The van der Waals surface area contributed by atoms with Crippen LogP contribution in [0.15, 0.2) is 36.5 Å². The van der Waals surface area contributed by atoms with E-state index in [-0.39, 0.29) is 5.56 Å². The van der Waals surface area contributed by atoms with Crippen LogP contribution in [0.3, 0.4) is 0 Å². The molecule has 112 valence electrons. The number of benzene rings is 1. The molecule has 0 saturated carbocycles. The number of aromatic nitrogens is 3. The van der Waals surface area contributed by atoms with Gasteiger partial charge in [-0.3, -0.25) is 0 Å². The minimum Gasteiger partial charge on any atom is -0.478 e. The van der Waals surface area contributed by atoms with E-state index in [1.54, 1.807) is 0 Å². The number of carboxylic acid groups (broad SMARTS) is 1. The van der Waals surface area contributed by atoms with E-state index in [1.165, 1.54) is 6.20 Å². The van der Waals surface area contributed by atoms with Gasteiger partial charge in [0, 0.05) is 19.8 Å². The molecule has 0 atom stereocenters. The highest BCUT2D eigenvalue weighted by Gasteiger charge is 2.18. The lowest BCUT2D eigenvalue weighted by Crippen LogP contribution is -2.08. The van der Waals surface area contributed by atoms with Gasteiger partial charge < -0.3 is 15.0 Å². The highest BCUT2D eigenvalue weighted by Crippen LogP contribution is 2.26. The van der Waals surface area contributed by atoms with Gasteiger partial charge in [-0.15, -0.1) is 0 Å². The molecule has 6 heteroatoms. The maximum Gasteiger partial charge on any atom is 0.339 e. The van der Waals surface area contributed by atoms with Crippen molar-refractivity contribution in [3.63, 3.8) is 0 Å². The summed E-state index contributed by atoms with van der Waals surface area (Å²) in [5, 5.41) is 12.6. The highest BCUT2D eigenvalue weighted by molar-refractivity contribution is 6.02. The Balaban J connectivity index is 2.06. The Morgan fingerprint density at radius 3 is 2.73 bits per heavy atom. The molecule has 0 aliphatic carbocycles. The number of pyridine rings is 1. The van der Waals surface area contributed by atoms with Gasteiger partial charge in [-0.05, 0) is 12.5 Å². The summed E-state index contributed by atoms with van der Waals surface area (Å²) in [6.45, 7) is 2.39. The molecular formula is C16H16N4O2. The molecule has 3 rings (SSSR count). The fourth-order valence-corrected chi connectivity index (χ4v) is 2.36. The number of aryl methyl sites for hydroxylation is 2. The maximum atomic E-state index is 11.5. The zero-order valence-electron chi connectivity index (χ0n) is 12.4. The SMILES string of the molecule is Cc1nc2c(NCc3ccccc3)c(C(=O)O)cnc2n1C. The molecule has 0 bridgehead atoms. The number of imidazole rings is 1. The predicted octanol–water partition coefficient (Wildman–Crippen LogP) is 2.59. The summed E-state index contributed by atoms with van der Waals surface area (Å²) in [5.74, 6) is -0.235. The lowest BCUT2D eigenvalue weighted by molar-refractivity contribution is 0.0697. The van der Waals surface area contributed by atoms with Crippen molar-refractivity contribution < 1.29 is 9.90 Å². The molecule has 6 nitrogen and oxygen atoms in total. The molecule has 1 aromatic carbocycles. The van der Waals surface area contributed by atoms with Crippen molar-refractivity contribution >= 4 is 22.8 Å². The number of fused-ring (bicyclic) bond motifs is 1. The first-order valence-electron chi connectivity index (χ1n) is 6.91. The fraction of sp³-hybridized carbons (Fsp3) is 0.188. The number of carbonyl (C=O) groups is 1. The highest BCUT2D eigenvalue weighted by atomic mass is 16.4. The van der Waals surface area contributed by atoms with Crippen molar-refractivity contribution in [2.24, 2.45) is 7.05 Å². The van der Waals surface area contributed by atoms with Crippen LogP contribution in [0.25, 0.3) is 11.2 Å². The van der Waals surface area contributed by atoms with Crippen molar-refractivity contribution in [1.29, 1.82) is 0 Å². The second-order valence-electron chi connectivity index (χ2n) is 5.08. The number of hydrogen-bond donors (Lipinski definition) is 2. The molecule has 0 amide bonds. The predicted molar refractivity (Wildman–Crippen MR) is 84.0 cm³/mol. The van der Waals surface area contributed by atoms with Crippen LogP contribution in [-0.2, 0) is 13.6 Å². The standard InChI is InChI=1S/C16H16N4O2/c1-10-19-14-13(17-8-11-6-4-3-5-7-11)12(16(21)22)9-18-15(14)20(10)2/h3-7,9H,8H2,1-2H3,(H,17,18)(H,21,22). The Bertz CT molecular complexity index is 840. The van der Waals surface area contributed by atoms with E-state index in [9.17, 15) is 9.90 Å². The summed E-state index contributed by atoms with van der Waals surface area (Å²) in [6, 6.07) is 9.80. The number of anilines is 1. The van der Waals surface area contributed by atoms with E-state index in [2.05, 4.69) is 15.3 Å². The molecule has 0 aliphatic heterocycles. The topological polar surface area (TPSA) is 80.0 Å². The molecule has 2 N–H and O–H groups in total. The maximum absolute atomic E-state index is 11.5. The third-order valence-electron chi connectivity index (χ3n) is 3.65. The average molecular weight is 296 g/mol. The average Bonchev–Trinajstić information content (AvgIpc) is 2.81. The van der Waals surface area contributed by atoms with E-state index in [4.69, 9.17) is 0 Å². The van der Waals surface area contributed by atoms with Crippen LogP contribution in [0.2, 0.25) is 0 Å². The third kappa shape index (κ3) is 2.39. The van der Waals surface area contributed by atoms with Crippen LogP contribution in [0.5, 0.6) is 0 Å². The second kappa shape index (κ2) is 5.48. The fourth-order valence-electron chi connectivity index (χ4n) is 2.36. The van der Waals surface area contributed by atoms with Gasteiger partial charge in [-0.2, -0.15) is 0 Å². The minimum atomic E-state index is -1.02. The number of rotatable bonds is 4. The third-order valence-corrected chi connectivity index (χ3v) is 3.65. The van der Waals surface area contributed by atoms with Crippen molar-refractivity contribution in [1.82, 2.24) is 14.5 Å². The van der Waals surface area contributed by atoms with Gasteiger partial charge in [0.1, 0.15) is 16.9 Å². The number of nitrogens with zero attached hydrogens (tertiary/aromatic N) is 3. The van der Waals surface area contributed by atoms with E-state index >= 15 is 0 Å². The van der Waals surface area contributed by atoms with Crippen LogP contribution in [0, 0.1) is 6.92 Å². The molecule has 0 radical (unpaired) electrons. The molecule has 0 fully saturated rings. The Morgan fingerprint density at radius 1 is 1.32 bits per heavy atom. The van der Waals surface area contributed by atoms with Gasteiger partial charge in [-0.1, -0.05) is 30.3 Å². The van der Waals surface area contributed by atoms with Crippen LogP contribution < -0.4 is 5.32 Å². The summed E-state index contributed by atoms with van der Waals surface area (Å²) in [4.78, 5) is 20.1. The van der Waals surface area contributed by atoms with Gasteiger partial charge in [0.2, 0.25) is 0 Å². The van der Waals surface area contributed by atoms with Crippen LogP contribution in [-0.4, -0.2) is 25.6 Å². The number of aromatic carboxylic acids is 1. The van der Waals surface area contributed by atoms with E-state index in [0.29, 0.717) is 23.4 Å². The minimum absolute atomic E-state index is 0.126. The Morgan fingerprint density at radius 2 is 2.05 bits per heavy atom. The summed E-state index contributed by atoms with van der Waals surface area (Å²) >= 11 is 0. The molecule has 0 spiro atoms. The first kappa shape index (κ1) is 14.1. The zero-order valence-corrected chi connectivity index (χ0v) is 12.4. The van der Waals surface area contributed by atoms with Crippen LogP contribution in [0.1, 0.15) is 21.7 Å². The van der Waals surface area contributed by atoms with Gasteiger partial charge in [-0.25, -0.2) is 14.8 Å². The van der Waals surface area contributed by atoms with Crippen LogP contribution in [0.4, 0.5) is 5.69 Å². The molecule has 0 unspecified atom stereocenters. The largest absolute Gasteiger partial charge is 0.478 e. The van der Waals surface area contributed by atoms with Crippen molar-refractivity contribution in [2.75, 3.05) is 5.32 Å². The zero-order chi connectivity index (χ0) is 15.7. The van der Waals surface area contributed by atoms with Crippen molar-refractivity contribution in [2.45, 2.75) is 13.5 Å². The van der Waals surface area contributed by atoms with Crippen molar-refractivity contribution in [3.8, 4) is 0 Å². The Hall–Kier alpha value is -2.89. The normalized spacial score (nSPS) is 10.8. The number of hydrogen-bond acceptors (Lipinski definition) is 4. The quantitative estimate of drug-likeness (QED) is 0.773. The lowest BCUT2D eigenvalue weighted by Gasteiger charge is -2.10. The van der Waals surface area contributed by atoms with E-state index in [0.717, 1.165) is 11.4 Å². The van der Waals surface area contributed by atoms with E-state index in [1.807, 2.05) is 48.9 Å². The molecule has 3 aromatic rings. The lowest BCUT2D eigenvalue weighted by atomic mass is 10.2. The molecular weight excluding hydrogens is 280 g/mol. The summed E-state index contributed by atoms with van der Waals surface area (Å²) in [6.07, 6.45) is 1.37. The molecule has 0 saturated heterocycles. The molecule has 2 heterocycles. The van der Waals surface area contributed by atoms with E-state index < -0.39 is 5.97 Å². The van der Waals surface area contributed by atoms with Gasteiger partial charge in [0.05, 0.1) is 5.69 Å².